The fourth-order valence-electron chi connectivity index (χ4n) is 0.371. The van der Waals surface area contributed by atoms with Crippen molar-refractivity contribution in [3.8, 4) is 0 Å². The minimum Gasteiger partial charge on any atom is -1.00 e. The summed E-state index contributed by atoms with van der Waals surface area (Å²) in [4.78, 5) is 0. The molecule has 0 radical (unpaired) electrons. The van der Waals surface area contributed by atoms with E-state index in [9.17, 15) is 17.2 Å². The van der Waals surface area contributed by atoms with Gasteiger partial charge in [-0.25, -0.2) is 13.0 Å². The van der Waals surface area contributed by atoms with Crippen molar-refractivity contribution < 1.29 is 51.0 Å². The first-order chi connectivity index (χ1) is 5.42. The van der Waals surface area contributed by atoms with Gasteiger partial charge in [-0.2, -0.15) is 8.42 Å². The molecular formula is C4H9F2LiO5S. The summed E-state index contributed by atoms with van der Waals surface area (Å²) in [5, 5.41) is 0. The van der Waals surface area contributed by atoms with Crippen LogP contribution in [0, 0.1) is 0 Å². The molecule has 0 spiro atoms. The summed E-state index contributed by atoms with van der Waals surface area (Å²) in [6.07, 6.45) is -2.60. The molecule has 0 saturated carbocycles. The summed E-state index contributed by atoms with van der Waals surface area (Å²) in [6, 6.07) is 0. The molecule has 0 amide bonds. The van der Waals surface area contributed by atoms with Crippen LogP contribution in [0.15, 0.2) is 0 Å². The molecule has 0 atom stereocenters. The molecule has 0 aliphatic heterocycles. The predicted octanol–water partition coefficient (Wildman–Crippen LogP) is -2.80. The van der Waals surface area contributed by atoms with E-state index in [-0.39, 0.29) is 26.9 Å². The van der Waals surface area contributed by atoms with Crippen LogP contribution in [-0.2, 0) is 19.3 Å². The van der Waals surface area contributed by atoms with E-state index >= 15 is 0 Å². The van der Waals surface area contributed by atoms with Crippen LogP contribution in [0.5, 0.6) is 0 Å². The zero-order chi connectivity index (χ0) is 9.61. The van der Waals surface area contributed by atoms with Gasteiger partial charge in [-0.05, 0) is 0 Å². The number of hydrogen-bond acceptors (Lipinski definition) is 4. The molecule has 5 nitrogen and oxygen atoms in total. The van der Waals surface area contributed by atoms with Crippen molar-refractivity contribution in [1.82, 2.24) is 0 Å². The van der Waals surface area contributed by atoms with Crippen LogP contribution in [0.2, 0.25) is 0 Å². The average Bonchev–Trinajstić information content (AvgIpc) is 1.83. The van der Waals surface area contributed by atoms with Crippen molar-refractivity contribution in [2.24, 2.45) is 0 Å². The zero-order valence-electron chi connectivity index (χ0n) is 7.94. The molecule has 0 saturated heterocycles. The van der Waals surface area contributed by atoms with Crippen molar-refractivity contribution >= 4 is 10.4 Å². The van der Waals surface area contributed by atoms with Crippen LogP contribution >= 0.6 is 0 Å². The molecule has 0 fully saturated rings. The Morgan fingerprint density at radius 1 is 1.38 bits per heavy atom. The van der Waals surface area contributed by atoms with Gasteiger partial charge in [0.1, 0.15) is 6.61 Å². The Hall–Kier alpha value is 0.287. The molecule has 9 heteroatoms. The smallest absolute Gasteiger partial charge is 1.00 e. The molecule has 0 rings (SSSR count). The third kappa shape index (κ3) is 15.1. The van der Waals surface area contributed by atoms with E-state index in [1.807, 2.05) is 0 Å². The molecular weight excluding hydrogens is 205 g/mol. The number of rotatable bonds is 6. The van der Waals surface area contributed by atoms with Gasteiger partial charge in [0.2, 0.25) is 0 Å². The van der Waals surface area contributed by atoms with Crippen LogP contribution < -0.4 is 18.9 Å². The summed E-state index contributed by atoms with van der Waals surface area (Å²) < 4.78 is 58.4. The molecule has 1 N–H and O–H groups in total. The zero-order valence-corrected chi connectivity index (χ0v) is 7.76. The maximum atomic E-state index is 11.4. The van der Waals surface area contributed by atoms with Crippen molar-refractivity contribution in [3.63, 3.8) is 0 Å². The van der Waals surface area contributed by atoms with Gasteiger partial charge in [0.15, 0.2) is 0 Å². The van der Waals surface area contributed by atoms with Crippen molar-refractivity contribution in [3.05, 3.63) is 0 Å². The molecule has 13 heavy (non-hydrogen) atoms. The van der Waals surface area contributed by atoms with Crippen LogP contribution in [0.25, 0.3) is 0 Å². The van der Waals surface area contributed by atoms with E-state index in [2.05, 4.69) is 8.92 Å². The second-order valence-electron chi connectivity index (χ2n) is 1.72. The SMILES string of the molecule is O=S(=O)(O)OCCOCC(F)F.[H-].[Li+]. The first kappa shape index (κ1) is 15.7. The Bertz CT molecular complexity index is 212. The van der Waals surface area contributed by atoms with E-state index in [0.717, 1.165) is 0 Å². The topological polar surface area (TPSA) is 72.8 Å². The van der Waals surface area contributed by atoms with Crippen LogP contribution in [-0.4, -0.2) is 39.2 Å². The molecule has 0 bridgehead atoms. The fraction of sp³-hybridized carbons (Fsp3) is 1.00. The quantitative estimate of drug-likeness (QED) is 0.294. The Labute approximate surface area is 88.0 Å². The third-order valence-electron chi connectivity index (χ3n) is 0.704. The molecule has 0 unspecified atom stereocenters. The molecule has 0 aromatic rings. The Morgan fingerprint density at radius 2 is 1.92 bits per heavy atom. The van der Waals surface area contributed by atoms with Crippen molar-refractivity contribution in [2.75, 3.05) is 19.8 Å². The molecule has 0 aromatic carbocycles. The van der Waals surface area contributed by atoms with Crippen LogP contribution in [0.4, 0.5) is 8.78 Å². The van der Waals surface area contributed by atoms with Gasteiger partial charge in [-0.1, -0.05) is 0 Å². The minimum absolute atomic E-state index is 0. The van der Waals surface area contributed by atoms with Crippen molar-refractivity contribution in [1.29, 1.82) is 0 Å². The average molecular weight is 214 g/mol. The largest absolute Gasteiger partial charge is 1.00 e. The Balaban J connectivity index is -0.000000605. The van der Waals surface area contributed by atoms with Crippen molar-refractivity contribution in [2.45, 2.75) is 6.43 Å². The molecule has 0 heterocycles. The summed E-state index contributed by atoms with van der Waals surface area (Å²) >= 11 is 0. The normalized spacial score (nSPS) is 11.4. The number of hydrogen-bond donors (Lipinski definition) is 1. The summed E-state index contributed by atoms with van der Waals surface area (Å²) in [5.41, 5.74) is 0. The molecule has 0 aromatic heterocycles. The Morgan fingerprint density at radius 3 is 2.31 bits per heavy atom. The first-order valence-corrected chi connectivity index (χ1v) is 4.26. The number of alkyl halides is 2. The second-order valence-corrected chi connectivity index (χ2v) is 2.81. The summed E-state index contributed by atoms with van der Waals surface area (Å²) in [7, 11) is -4.49. The van der Waals surface area contributed by atoms with Gasteiger partial charge in [0.25, 0.3) is 6.43 Å². The monoisotopic (exact) mass is 214 g/mol. The minimum atomic E-state index is -4.49. The van der Waals surface area contributed by atoms with Gasteiger partial charge in [0.05, 0.1) is 13.2 Å². The Kier molecular flexibility index (Phi) is 9.29. The number of ether oxygens (including phenoxy) is 1. The summed E-state index contributed by atoms with van der Waals surface area (Å²) in [5.74, 6) is 0. The van der Waals surface area contributed by atoms with Crippen LogP contribution in [0.3, 0.4) is 0 Å². The molecule has 76 valence electrons. The maximum absolute atomic E-state index is 11.4. The van der Waals surface area contributed by atoms with E-state index in [1.165, 1.54) is 0 Å². The first-order valence-electron chi connectivity index (χ1n) is 2.89. The van der Waals surface area contributed by atoms with Gasteiger partial charge in [0, 0.05) is 0 Å². The van der Waals surface area contributed by atoms with Gasteiger partial charge < -0.3 is 6.16 Å². The van der Waals surface area contributed by atoms with Crippen LogP contribution in [0.1, 0.15) is 1.43 Å². The molecule has 0 aliphatic rings. The van der Waals surface area contributed by atoms with E-state index in [0.29, 0.717) is 0 Å². The van der Waals surface area contributed by atoms with Gasteiger partial charge in [-0.15, -0.1) is 0 Å². The van der Waals surface area contributed by atoms with Gasteiger partial charge >= 0.3 is 29.3 Å². The van der Waals surface area contributed by atoms with E-state index in [1.54, 1.807) is 0 Å². The third-order valence-corrected chi connectivity index (χ3v) is 1.17. The summed E-state index contributed by atoms with van der Waals surface area (Å²) in [6.45, 7) is -1.58. The standard InChI is InChI=1S/C4H8F2O5S.Li.H/c5-4(6)3-10-1-2-11-12(7,8)9;;/h4H,1-3H2,(H,7,8,9);;/q;+1;-1. The maximum Gasteiger partial charge on any atom is 1.00 e. The second kappa shape index (κ2) is 7.67. The fourth-order valence-corrected chi connectivity index (χ4v) is 0.649. The molecule has 0 aliphatic carbocycles. The predicted molar refractivity (Wildman–Crippen MR) is 35.4 cm³/mol. The van der Waals surface area contributed by atoms with Gasteiger partial charge in [-0.3, -0.25) is 4.55 Å². The van der Waals surface area contributed by atoms with E-state index < -0.39 is 30.0 Å². The number of halogens is 2. The van der Waals surface area contributed by atoms with E-state index in [4.69, 9.17) is 4.55 Å².